The summed E-state index contributed by atoms with van der Waals surface area (Å²) < 4.78 is 0. The third kappa shape index (κ3) is 21.5. The van der Waals surface area contributed by atoms with Crippen molar-refractivity contribution < 1.29 is 48.6 Å². The number of unbranched alkanes of at least 4 members (excludes halogenated alkanes) is 3. The van der Waals surface area contributed by atoms with Crippen molar-refractivity contribution in [2.75, 3.05) is 13.1 Å². The van der Waals surface area contributed by atoms with Gasteiger partial charge in [-0.15, -0.1) is 0 Å². The van der Waals surface area contributed by atoms with E-state index in [0.717, 1.165) is 12.8 Å². The van der Waals surface area contributed by atoms with Gasteiger partial charge in [0.1, 0.15) is 24.2 Å². The van der Waals surface area contributed by atoms with Gasteiger partial charge in [-0.1, -0.05) is 50.6 Å². The zero-order chi connectivity index (χ0) is 40.5. The van der Waals surface area contributed by atoms with Gasteiger partial charge in [0.15, 0.2) is 0 Å². The van der Waals surface area contributed by atoms with E-state index in [4.69, 9.17) is 11.5 Å². The third-order valence-corrected chi connectivity index (χ3v) is 8.37. The van der Waals surface area contributed by atoms with Crippen LogP contribution in [0.3, 0.4) is 0 Å². The Hall–Kier alpha value is -5.06. The lowest BCUT2D eigenvalue weighted by molar-refractivity contribution is -0.141. The number of carboxylic acids is 2. The van der Waals surface area contributed by atoms with Crippen LogP contribution in [-0.4, -0.2) is 94.9 Å². The van der Waals surface area contributed by atoms with Gasteiger partial charge in [-0.05, 0) is 75.8 Å². The molecule has 0 bridgehead atoms. The molecule has 1 rings (SSSR count). The normalized spacial score (nSPS) is 13.1. The van der Waals surface area contributed by atoms with Crippen LogP contribution in [0.1, 0.15) is 103 Å². The minimum Gasteiger partial charge on any atom is -0.481 e. The van der Waals surface area contributed by atoms with E-state index in [9.17, 15) is 48.6 Å². The number of nitrogens with one attached hydrogen (secondary N) is 5. The van der Waals surface area contributed by atoms with E-state index in [-0.39, 0.29) is 31.1 Å². The molecule has 0 aromatic heterocycles. The molecular formula is C37H59N7O10. The van der Waals surface area contributed by atoms with E-state index in [1.54, 1.807) is 13.8 Å². The Bertz CT molecular complexity index is 1380. The molecule has 0 aliphatic heterocycles. The van der Waals surface area contributed by atoms with Crippen molar-refractivity contribution in [3.05, 3.63) is 35.9 Å². The Morgan fingerprint density at radius 3 is 1.81 bits per heavy atom. The van der Waals surface area contributed by atoms with E-state index >= 15 is 0 Å². The highest BCUT2D eigenvalue weighted by Gasteiger charge is 2.32. The van der Waals surface area contributed by atoms with Gasteiger partial charge in [-0.2, -0.15) is 0 Å². The summed E-state index contributed by atoms with van der Waals surface area (Å²) >= 11 is 0. The first-order valence-corrected chi connectivity index (χ1v) is 18.6. The molecule has 0 fully saturated rings. The summed E-state index contributed by atoms with van der Waals surface area (Å²) in [4.78, 5) is 99.6. The summed E-state index contributed by atoms with van der Waals surface area (Å²) in [5.74, 6) is -6.96. The second-order valence-corrected chi connectivity index (χ2v) is 13.7. The molecule has 0 saturated heterocycles. The number of nitrogens with two attached hydrogens (primary N) is 2. The summed E-state index contributed by atoms with van der Waals surface area (Å²) in [5, 5.41) is 31.3. The molecular weight excluding hydrogens is 702 g/mol. The minimum atomic E-state index is -1.71. The molecule has 1 aromatic rings. The number of rotatable bonds is 29. The maximum Gasteiger partial charge on any atom is 0.305 e. The van der Waals surface area contributed by atoms with Crippen molar-refractivity contribution in [1.82, 2.24) is 26.6 Å². The highest BCUT2D eigenvalue weighted by atomic mass is 16.4. The maximum absolute atomic E-state index is 13.4. The number of hydrogen-bond donors (Lipinski definition) is 9. The van der Waals surface area contributed by atoms with E-state index < -0.39 is 84.9 Å². The molecule has 6 amide bonds. The smallest absolute Gasteiger partial charge is 0.305 e. The van der Waals surface area contributed by atoms with Gasteiger partial charge in [0.25, 0.3) is 0 Å². The van der Waals surface area contributed by atoms with E-state index in [2.05, 4.69) is 26.6 Å². The van der Waals surface area contributed by atoms with Crippen molar-refractivity contribution in [3.8, 4) is 0 Å². The molecule has 17 nitrogen and oxygen atoms in total. The molecule has 0 saturated carbocycles. The van der Waals surface area contributed by atoms with Gasteiger partial charge in [0.05, 0.1) is 6.42 Å². The van der Waals surface area contributed by atoms with Gasteiger partial charge >= 0.3 is 11.9 Å². The second-order valence-electron chi connectivity index (χ2n) is 13.7. The summed E-state index contributed by atoms with van der Waals surface area (Å²) in [6.07, 6.45) is 3.21. The van der Waals surface area contributed by atoms with Gasteiger partial charge in [-0.25, -0.2) is 0 Å². The van der Waals surface area contributed by atoms with Crippen molar-refractivity contribution in [1.29, 1.82) is 0 Å². The van der Waals surface area contributed by atoms with E-state index in [1.165, 1.54) is 5.56 Å². The first kappa shape index (κ1) is 47.0. The van der Waals surface area contributed by atoms with Crippen LogP contribution in [-0.2, 0) is 44.8 Å². The van der Waals surface area contributed by atoms with Crippen LogP contribution in [0.5, 0.6) is 0 Å². The Morgan fingerprint density at radius 2 is 1.22 bits per heavy atom. The molecule has 0 aliphatic rings. The predicted molar refractivity (Wildman–Crippen MR) is 199 cm³/mol. The van der Waals surface area contributed by atoms with Gasteiger partial charge in [0, 0.05) is 25.8 Å². The summed E-state index contributed by atoms with van der Waals surface area (Å²) in [6, 6.07) is 4.43. The number of carboxylic acid groups (broad SMARTS) is 2. The van der Waals surface area contributed by atoms with Crippen molar-refractivity contribution in [2.24, 2.45) is 17.4 Å². The fraction of sp³-hybridized carbons (Fsp3) is 0.622. The summed E-state index contributed by atoms with van der Waals surface area (Å²) in [6.45, 7) is 4.36. The number of amides is 6. The molecule has 0 aliphatic carbocycles. The molecule has 11 N–H and O–H groups in total. The molecule has 0 radical (unpaired) electrons. The van der Waals surface area contributed by atoms with Crippen LogP contribution in [0.25, 0.3) is 0 Å². The fourth-order valence-corrected chi connectivity index (χ4v) is 5.48. The molecule has 17 heteroatoms. The van der Waals surface area contributed by atoms with Crippen LogP contribution in [0.15, 0.2) is 30.3 Å². The van der Waals surface area contributed by atoms with E-state index in [1.807, 2.05) is 30.3 Å². The Labute approximate surface area is 316 Å². The van der Waals surface area contributed by atoms with Gasteiger partial charge in [0.2, 0.25) is 35.4 Å². The van der Waals surface area contributed by atoms with Crippen molar-refractivity contribution in [3.63, 3.8) is 0 Å². The number of carbonyl (C=O) groups excluding carboxylic acids is 6. The van der Waals surface area contributed by atoms with Crippen LogP contribution in [0.2, 0.25) is 0 Å². The monoisotopic (exact) mass is 761 g/mol. The highest BCUT2D eigenvalue weighted by Crippen LogP contribution is 2.09. The van der Waals surface area contributed by atoms with Crippen LogP contribution >= 0.6 is 0 Å². The Kier molecular flexibility index (Phi) is 23.2. The molecule has 302 valence electrons. The average molecular weight is 762 g/mol. The molecule has 0 spiro atoms. The van der Waals surface area contributed by atoms with Gasteiger partial charge in [-0.3, -0.25) is 38.4 Å². The predicted octanol–water partition coefficient (Wildman–Crippen LogP) is 0.625. The largest absolute Gasteiger partial charge is 0.481 e. The Balaban J connectivity index is 2.80. The molecule has 1 aromatic carbocycles. The minimum absolute atomic E-state index is 0.0395. The van der Waals surface area contributed by atoms with Crippen LogP contribution in [0, 0.1) is 5.92 Å². The molecule has 54 heavy (non-hydrogen) atoms. The standard InChI is InChI=1S/C37H59N7O10/c1-24(2)22-28(34(39)51)43-36(53)27(18-19-32(47)48)42-37(54)29(23-33(49)50)44-35(52)26(15-8-9-20-38)41-31(46)16-7-4-10-21-40-30(45)17-11-14-25-12-5-3-6-13-25/h3,5-6,12-13,24,26-29H,4,7-11,14-23,38H2,1-2H3,(H2,39,51)(H,40,45)(H,41,46)(H,42,54)(H,43,53)(H,44,52)(H,47,48)(H,49,50)/t26-,27-,28-,29-/m0/s1. The van der Waals surface area contributed by atoms with Crippen molar-refractivity contribution >= 4 is 47.4 Å². The number of aryl methyl sites for hydroxylation is 1. The first-order chi connectivity index (χ1) is 25.6. The molecule has 0 unspecified atom stereocenters. The zero-order valence-corrected chi connectivity index (χ0v) is 31.4. The number of primary amides is 1. The lowest BCUT2D eigenvalue weighted by atomic mass is 10.0. The number of aliphatic carboxylic acids is 2. The molecule has 0 heterocycles. The SMILES string of the molecule is CC(C)C[C@H](NC(=O)[C@H](CCC(=O)O)NC(=O)[C@H](CC(=O)O)NC(=O)[C@H](CCCCN)NC(=O)CCCCCNC(=O)CCCc1ccccc1)C(N)=O. The highest BCUT2D eigenvalue weighted by molar-refractivity contribution is 5.96. The quantitative estimate of drug-likeness (QED) is 0.0510. The number of carbonyl (C=O) groups is 8. The summed E-state index contributed by atoms with van der Waals surface area (Å²) in [7, 11) is 0. The second kappa shape index (κ2) is 26.7. The van der Waals surface area contributed by atoms with Crippen LogP contribution in [0.4, 0.5) is 0 Å². The first-order valence-electron chi connectivity index (χ1n) is 18.6. The maximum atomic E-state index is 13.4. The average Bonchev–Trinajstić information content (AvgIpc) is 3.10. The van der Waals surface area contributed by atoms with Crippen LogP contribution < -0.4 is 38.1 Å². The Morgan fingerprint density at radius 1 is 0.630 bits per heavy atom. The lowest BCUT2D eigenvalue weighted by Crippen LogP contribution is -2.58. The van der Waals surface area contributed by atoms with Crippen molar-refractivity contribution in [2.45, 2.75) is 128 Å². The van der Waals surface area contributed by atoms with E-state index in [0.29, 0.717) is 51.6 Å². The fourth-order valence-electron chi connectivity index (χ4n) is 5.48. The summed E-state index contributed by atoms with van der Waals surface area (Å²) in [5.41, 5.74) is 12.2. The number of benzene rings is 1. The lowest BCUT2D eigenvalue weighted by Gasteiger charge is -2.26. The molecule has 4 atom stereocenters. The van der Waals surface area contributed by atoms with Gasteiger partial charge < -0.3 is 48.3 Å². The zero-order valence-electron chi connectivity index (χ0n) is 31.4. The third-order valence-electron chi connectivity index (χ3n) is 8.37. The number of hydrogen-bond acceptors (Lipinski definition) is 9. The topological polar surface area (TPSA) is 289 Å².